The van der Waals surface area contributed by atoms with Crippen molar-refractivity contribution in [1.29, 1.82) is 0 Å². The topological polar surface area (TPSA) is 79.5 Å². The van der Waals surface area contributed by atoms with Gasteiger partial charge in [-0.1, -0.05) is 37.1 Å². The Hall–Kier alpha value is -1.92. The predicted octanol–water partition coefficient (Wildman–Crippen LogP) is 1.23. The minimum atomic E-state index is -0.343. The number of esters is 1. The van der Waals surface area contributed by atoms with Gasteiger partial charge in [-0.25, -0.2) is 5.43 Å². The van der Waals surface area contributed by atoms with Gasteiger partial charge in [-0.3, -0.25) is 15.0 Å². The van der Waals surface area contributed by atoms with Gasteiger partial charge in [0.25, 0.3) is 5.91 Å². The second-order valence-corrected chi connectivity index (χ2v) is 6.96. The zero-order chi connectivity index (χ0) is 17.6. The fraction of sp³-hybridized carbons (Fsp3) is 0.579. The van der Waals surface area contributed by atoms with Gasteiger partial charge < -0.3 is 10.1 Å². The highest BCUT2D eigenvalue weighted by atomic mass is 16.5. The van der Waals surface area contributed by atoms with Crippen LogP contribution in [0.15, 0.2) is 24.3 Å². The van der Waals surface area contributed by atoms with Gasteiger partial charge in [0.15, 0.2) is 6.61 Å². The molecule has 136 valence electrons. The number of carbonyl (C=O) groups excluding carboxylic acids is 2. The summed E-state index contributed by atoms with van der Waals surface area (Å²) >= 11 is 0. The molecule has 3 atom stereocenters. The number of carbonyl (C=O) groups is 2. The van der Waals surface area contributed by atoms with Gasteiger partial charge in [0.05, 0.1) is 0 Å². The molecular weight excluding hydrogens is 318 g/mol. The summed E-state index contributed by atoms with van der Waals surface area (Å²) in [4.78, 5) is 24.1. The highest BCUT2D eigenvalue weighted by molar-refractivity contribution is 5.82. The summed E-state index contributed by atoms with van der Waals surface area (Å²) in [7, 11) is 0. The molecule has 1 aromatic carbocycles. The van der Waals surface area contributed by atoms with E-state index in [-0.39, 0.29) is 30.4 Å². The second kappa shape index (κ2) is 8.45. The molecule has 1 heterocycles. The van der Waals surface area contributed by atoms with Crippen molar-refractivity contribution in [3.8, 4) is 0 Å². The van der Waals surface area contributed by atoms with E-state index in [0.29, 0.717) is 12.6 Å². The van der Waals surface area contributed by atoms with Crippen LogP contribution in [0.25, 0.3) is 0 Å². The third-order valence-electron chi connectivity index (χ3n) is 5.25. The number of hydrogen-bond acceptors (Lipinski definition) is 5. The molecule has 1 saturated carbocycles. The first-order valence-electron chi connectivity index (χ1n) is 9.14. The normalized spacial score (nSPS) is 25.2. The fourth-order valence-corrected chi connectivity index (χ4v) is 3.78. The van der Waals surface area contributed by atoms with Crippen molar-refractivity contribution in [2.45, 2.75) is 51.1 Å². The average molecular weight is 345 g/mol. The molecule has 3 unspecified atom stereocenters. The molecule has 0 spiro atoms. The first-order valence-corrected chi connectivity index (χ1v) is 9.14. The number of fused-ring (bicyclic) bond motifs is 1. The number of aryl methyl sites for hydroxylation is 1. The molecule has 2 aliphatic rings. The summed E-state index contributed by atoms with van der Waals surface area (Å²) in [5, 5.41) is 2.81. The van der Waals surface area contributed by atoms with Crippen LogP contribution in [0.3, 0.4) is 0 Å². The van der Waals surface area contributed by atoms with E-state index < -0.39 is 0 Å². The quantitative estimate of drug-likeness (QED) is 0.676. The van der Waals surface area contributed by atoms with Gasteiger partial charge in [-0.2, -0.15) is 0 Å². The molecule has 0 aromatic heterocycles. The Balaban J connectivity index is 1.37. The Labute approximate surface area is 148 Å². The highest BCUT2D eigenvalue weighted by Crippen LogP contribution is 2.30. The van der Waals surface area contributed by atoms with Crippen molar-refractivity contribution < 1.29 is 14.3 Å². The molecule has 25 heavy (non-hydrogen) atoms. The van der Waals surface area contributed by atoms with Crippen LogP contribution in [-0.4, -0.2) is 37.1 Å². The predicted molar refractivity (Wildman–Crippen MR) is 94.7 cm³/mol. The van der Waals surface area contributed by atoms with E-state index in [4.69, 9.17) is 4.74 Å². The third kappa shape index (κ3) is 4.58. The van der Waals surface area contributed by atoms with Crippen LogP contribution in [0.1, 0.15) is 36.8 Å². The van der Waals surface area contributed by atoms with Gasteiger partial charge in [0.2, 0.25) is 0 Å². The minimum Gasteiger partial charge on any atom is -0.454 e. The van der Waals surface area contributed by atoms with Gasteiger partial charge in [-0.05, 0) is 37.3 Å². The maximum atomic E-state index is 12.2. The van der Waals surface area contributed by atoms with E-state index in [2.05, 4.69) is 35.2 Å². The number of amides is 1. The third-order valence-corrected chi connectivity index (χ3v) is 5.25. The Morgan fingerprint density at radius 2 is 2.00 bits per heavy atom. The Bertz CT molecular complexity index is 620. The maximum Gasteiger partial charge on any atom is 0.325 e. The lowest BCUT2D eigenvalue weighted by atomic mass is 9.82. The van der Waals surface area contributed by atoms with E-state index in [1.165, 1.54) is 17.5 Å². The van der Waals surface area contributed by atoms with Crippen molar-refractivity contribution in [2.75, 3.05) is 13.2 Å². The number of hydrogen-bond donors (Lipinski definition) is 3. The molecule has 1 saturated heterocycles. The Kier molecular flexibility index (Phi) is 6.04. The largest absolute Gasteiger partial charge is 0.454 e. The van der Waals surface area contributed by atoms with Crippen LogP contribution >= 0.6 is 0 Å². The van der Waals surface area contributed by atoms with E-state index in [9.17, 15) is 9.59 Å². The smallest absolute Gasteiger partial charge is 0.325 e. The lowest BCUT2D eigenvalue weighted by molar-refractivity contribution is -0.151. The van der Waals surface area contributed by atoms with Crippen LogP contribution < -0.4 is 16.2 Å². The second-order valence-electron chi connectivity index (χ2n) is 6.96. The van der Waals surface area contributed by atoms with Gasteiger partial charge >= 0.3 is 5.97 Å². The number of rotatable bonds is 6. The van der Waals surface area contributed by atoms with Gasteiger partial charge in [0.1, 0.15) is 6.04 Å². The van der Waals surface area contributed by atoms with Crippen molar-refractivity contribution in [3.63, 3.8) is 0 Å². The van der Waals surface area contributed by atoms with Crippen molar-refractivity contribution in [3.05, 3.63) is 35.4 Å². The summed E-state index contributed by atoms with van der Waals surface area (Å²) in [6.07, 6.45) is 5.21. The summed E-state index contributed by atoms with van der Waals surface area (Å²) in [5.74, 6) is -0.325. The van der Waals surface area contributed by atoms with Crippen molar-refractivity contribution in [2.24, 2.45) is 5.92 Å². The Morgan fingerprint density at radius 1 is 1.20 bits per heavy atom. The molecule has 6 nitrogen and oxygen atoms in total. The van der Waals surface area contributed by atoms with Crippen molar-refractivity contribution >= 4 is 11.9 Å². The first kappa shape index (κ1) is 17.9. The molecule has 3 rings (SSSR count). The van der Waals surface area contributed by atoms with Crippen LogP contribution in [0.4, 0.5) is 0 Å². The van der Waals surface area contributed by atoms with E-state index in [1.807, 2.05) is 12.1 Å². The lowest BCUT2D eigenvalue weighted by Crippen LogP contribution is -2.41. The zero-order valence-corrected chi connectivity index (χ0v) is 14.7. The summed E-state index contributed by atoms with van der Waals surface area (Å²) in [6, 6.07) is 8.10. The summed E-state index contributed by atoms with van der Waals surface area (Å²) < 4.78 is 5.21. The molecule has 0 radical (unpaired) electrons. The molecule has 0 bridgehead atoms. The molecule has 1 aliphatic heterocycles. The van der Waals surface area contributed by atoms with E-state index >= 15 is 0 Å². The number of hydrazine groups is 1. The standard InChI is InChI=1S/C19H27N3O3/c1-13-6-2-3-7-14(13)10-11-20-17(23)12-25-19(24)18-15-8-4-5-9-16(15)21-22-18/h2-3,6-7,15-16,18,21-22H,4-5,8-12H2,1H3,(H,20,23). The number of nitrogens with one attached hydrogen (secondary N) is 3. The summed E-state index contributed by atoms with van der Waals surface area (Å²) in [6.45, 7) is 2.37. The van der Waals surface area contributed by atoms with Crippen LogP contribution in [0.2, 0.25) is 0 Å². The Morgan fingerprint density at radius 3 is 2.84 bits per heavy atom. The van der Waals surface area contributed by atoms with Gasteiger partial charge in [-0.15, -0.1) is 0 Å². The fourth-order valence-electron chi connectivity index (χ4n) is 3.78. The summed E-state index contributed by atoms with van der Waals surface area (Å²) in [5.41, 5.74) is 8.65. The van der Waals surface area contributed by atoms with Crippen LogP contribution in [-0.2, 0) is 20.7 Å². The monoisotopic (exact) mass is 345 g/mol. The molecule has 6 heteroatoms. The first-order chi connectivity index (χ1) is 12.1. The number of ether oxygens (including phenoxy) is 1. The minimum absolute atomic E-state index is 0.220. The van der Waals surface area contributed by atoms with Crippen LogP contribution in [0.5, 0.6) is 0 Å². The number of benzene rings is 1. The van der Waals surface area contributed by atoms with Crippen LogP contribution in [0, 0.1) is 12.8 Å². The molecule has 1 amide bonds. The SMILES string of the molecule is Cc1ccccc1CCNC(=O)COC(=O)C1NNC2CCCCC21. The zero-order valence-electron chi connectivity index (χ0n) is 14.7. The maximum absolute atomic E-state index is 12.2. The highest BCUT2D eigenvalue weighted by Gasteiger charge is 2.41. The van der Waals surface area contributed by atoms with E-state index in [1.54, 1.807) is 0 Å². The average Bonchev–Trinajstić information content (AvgIpc) is 3.05. The molecule has 1 aliphatic carbocycles. The van der Waals surface area contributed by atoms with Crippen molar-refractivity contribution in [1.82, 2.24) is 16.2 Å². The molecule has 1 aromatic rings. The molecular formula is C19H27N3O3. The van der Waals surface area contributed by atoms with Gasteiger partial charge in [0, 0.05) is 18.5 Å². The van der Waals surface area contributed by atoms with E-state index in [0.717, 1.165) is 25.7 Å². The molecule has 2 fully saturated rings. The lowest BCUT2D eigenvalue weighted by Gasteiger charge is -2.26. The molecule has 3 N–H and O–H groups in total.